The Labute approximate surface area is 113 Å². The van der Waals surface area contributed by atoms with Gasteiger partial charge in [0.1, 0.15) is 6.07 Å². The minimum atomic E-state index is 0.383. The largest absolute Gasteiger partial charge is 0.382 e. The molecule has 2 atom stereocenters. The van der Waals surface area contributed by atoms with Gasteiger partial charge in [0.15, 0.2) is 0 Å². The summed E-state index contributed by atoms with van der Waals surface area (Å²) in [5.74, 6) is 0. The Hall–Kier alpha value is -1.24. The molecule has 0 amide bonds. The molecule has 0 aliphatic carbocycles. The fourth-order valence-corrected chi connectivity index (χ4v) is 2.59. The third-order valence-corrected chi connectivity index (χ3v) is 3.63. The van der Waals surface area contributed by atoms with Gasteiger partial charge in [-0.1, -0.05) is 11.6 Å². The molecule has 1 fully saturated rings. The van der Waals surface area contributed by atoms with E-state index in [4.69, 9.17) is 16.9 Å². The lowest BCUT2D eigenvalue weighted by molar-refractivity contribution is 0.523. The molecule has 18 heavy (non-hydrogen) atoms. The summed E-state index contributed by atoms with van der Waals surface area (Å²) in [6.45, 7) is 3.30. The molecular weight excluding hydrogens is 246 g/mol. The molecule has 4 heteroatoms. The summed E-state index contributed by atoms with van der Waals surface area (Å²) in [4.78, 5) is 0. The highest BCUT2D eigenvalue weighted by molar-refractivity contribution is 6.31. The molecule has 1 saturated heterocycles. The molecule has 1 aliphatic heterocycles. The van der Waals surface area contributed by atoms with E-state index < -0.39 is 0 Å². The molecule has 0 radical (unpaired) electrons. The van der Waals surface area contributed by atoms with Gasteiger partial charge in [-0.05, 0) is 50.9 Å². The average molecular weight is 264 g/mol. The van der Waals surface area contributed by atoms with Crippen molar-refractivity contribution in [2.45, 2.75) is 38.3 Å². The zero-order valence-electron chi connectivity index (χ0n) is 10.5. The first kappa shape index (κ1) is 13.2. The van der Waals surface area contributed by atoms with Gasteiger partial charge in [0, 0.05) is 17.8 Å². The van der Waals surface area contributed by atoms with Crippen molar-refractivity contribution < 1.29 is 0 Å². The zero-order chi connectivity index (χ0) is 13.0. The molecule has 0 spiro atoms. The topological polar surface area (TPSA) is 47.8 Å². The van der Waals surface area contributed by atoms with Crippen LogP contribution in [0.1, 0.15) is 31.7 Å². The molecule has 1 heterocycles. The van der Waals surface area contributed by atoms with E-state index in [1.807, 2.05) is 6.07 Å². The Balaban J connectivity index is 1.94. The Kier molecular flexibility index (Phi) is 4.46. The fourth-order valence-electron chi connectivity index (χ4n) is 2.43. The first-order chi connectivity index (χ1) is 8.69. The van der Waals surface area contributed by atoms with Gasteiger partial charge < -0.3 is 10.6 Å². The summed E-state index contributed by atoms with van der Waals surface area (Å²) < 4.78 is 0. The second kappa shape index (κ2) is 6.08. The second-order valence-corrected chi connectivity index (χ2v) is 5.29. The van der Waals surface area contributed by atoms with Crippen LogP contribution in [-0.2, 0) is 0 Å². The number of halogens is 1. The van der Waals surface area contributed by atoms with Crippen LogP contribution in [0.4, 0.5) is 5.69 Å². The molecule has 3 nitrogen and oxygen atoms in total. The first-order valence-electron chi connectivity index (χ1n) is 6.38. The number of rotatable bonds is 4. The summed E-state index contributed by atoms with van der Waals surface area (Å²) in [5.41, 5.74) is 1.48. The number of nitrogens with zero attached hydrogens (tertiary/aromatic N) is 1. The molecular formula is C14H18ClN3. The summed E-state index contributed by atoms with van der Waals surface area (Å²) in [5, 5.41) is 16.4. The molecule has 1 aromatic carbocycles. The van der Waals surface area contributed by atoms with Gasteiger partial charge in [0.25, 0.3) is 0 Å². The average Bonchev–Trinajstić information content (AvgIpc) is 2.84. The van der Waals surface area contributed by atoms with Gasteiger partial charge in [-0.2, -0.15) is 5.26 Å². The number of hydrogen-bond acceptors (Lipinski definition) is 3. The number of hydrogen-bond donors (Lipinski definition) is 2. The van der Waals surface area contributed by atoms with Crippen molar-refractivity contribution in [1.29, 1.82) is 5.26 Å². The van der Waals surface area contributed by atoms with Crippen molar-refractivity contribution in [3.8, 4) is 6.07 Å². The van der Waals surface area contributed by atoms with Crippen LogP contribution in [0.15, 0.2) is 18.2 Å². The van der Waals surface area contributed by atoms with E-state index in [1.165, 1.54) is 12.8 Å². The maximum Gasteiger partial charge on any atom is 0.101 e. The van der Waals surface area contributed by atoms with Crippen molar-refractivity contribution in [1.82, 2.24) is 5.32 Å². The predicted octanol–water partition coefficient (Wildman–Crippen LogP) is 3.15. The van der Waals surface area contributed by atoms with E-state index >= 15 is 0 Å². The molecule has 2 rings (SSSR count). The number of nitriles is 1. The Bertz CT molecular complexity index is 447. The minimum absolute atomic E-state index is 0.383. The lowest BCUT2D eigenvalue weighted by Crippen LogP contribution is -2.29. The molecule has 1 aromatic rings. The molecule has 1 aliphatic rings. The van der Waals surface area contributed by atoms with E-state index in [0.29, 0.717) is 22.7 Å². The smallest absolute Gasteiger partial charge is 0.101 e. The molecule has 96 valence electrons. The lowest BCUT2D eigenvalue weighted by Gasteiger charge is -2.19. The highest BCUT2D eigenvalue weighted by atomic mass is 35.5. The van der Waals surface area contributed by atoms with Crippen molar-refractivity contribution >= 4 is 17.3 Å². The van der Waals surface area contributed by atoms with Crippen molar-refractivity contribution in [3.05, 3.63) is 28.8 Å². The van der Waals surface area contributed by atoms with E-state index in [-0.39, 0.29) is 0 Å². The molecule has 0 aromatic heterocycles. The maximum absolute atomic E-state index is 8.93. The number of benzene rings is 1. The summed E-state index contributed by atoms with van der Waals surface area (Å²) >= 11 is 5.91. The van der Waals surface area contributed by atoms with Crippen molar-refractivity contribution in [2.24, 2.45) is 0 Å². The van der Waals surface area contributed by atoms with E-state index in [1.54, 1.807) is 12.1 Å². The SMILES string of the molecule is CC(CC1CCCN1)Nc1ccc(Cl)c(C#N)c1. The van der Waals surface area contributed by atoms with E-state index in [2.05, 4.69) is 23.6 Å². The third-order valence-electron chi connectivity index (χ3n) is 3.30. The van der Waals surface area contributed by atoms with Crippen LogP contribution in [0.2, 0.25) is 5.02 Å². The van der Waals surface area contributed by atoms with Gasteiger partial charge in [-0.15, -0.1) is 0 Å². The third kappa shape index (κ3) is 3.38. The Morgan fingerprint density at radius 1 is 1.61 bits per heavy atom. The van der Waals surface area contributed by atoms with Gasteiger partial charge in [-0.25, -0.2) is 0 Å². The monoisotopic (exact) mass is 263 g/mol. The van der Waals surface area contributed by atoms with Crippen LogP contribution in [0.5, 0.6) is 0 Å². The lowest BCUT2D eigenvalue weighted by atomic mass is 10.1. The highest BCUT2D eigenvalue weighted by Crippen LogP contribution is 2.21. The standard InChI is InChI=1S/C14H18ClN3/c1-10(7-12-3-2-6-17-12)18-13-4-5-14(15)11(8-13)9-16/h4-5,8,10,12,17-18H,2-3,6-7H2,1H3. The molecule has 0 bridgehead atoms. The minimum Gasteiger partial charge on any atom is -0.382 e. The molecule has 0 saturated carbocycles. The fraction of sp³-hybridized carbons (Fsp3) is 0.500. The summed E-state index contributed by atoms with van der Waals surface area (Å²) in [6, 6.07) is 8.59. The van der Waals surface area contributed by atoms with Gasteiger partial charge in [0.2, 0.25) is 0 Å². The van der Waals surface area contributed by atoms with Crippen molar-refractivity contribution in [2.75, 3.05) is 11.9 Å². The van der Waals surface area contributed by atoms with Gasteiger partial charge >= 0.3 is 0 Å². The summed E-state index contributed by atoms with van der Waals surface area (Å²) in [6.07, 6.45) is 3.64. The second-order valence-electron chi connectivity index (χ2n) is 4.88. The van der Waals surface area contributed by atoms with E-state index in [0.717, 1.165) is 18.7 Å². The van der Waals surface area contributed by atoms with Crippen LogP contribution in [0.25, 0.3) is 0 Å². The normalized spacial score (nSPS) is 20.4. The van der Waals surface area contributed by atoms with Crippen LogP contribution in [-0.4, -0.2) is 18.6 Å². The Morgan fingerprint density at radius 3 is 3.11 bits per heavy atom. The highest BCUT2D eigenvalue weighted by Gasteiger charge is 2.16. The zero-order valence-corrected chi connectivity index (χ0v) is 11.3. The van der Waals surface area contributed by atoms with Crippen LogP contribution >= 0.6 is 11.6 Å². The van der Waals surface area contributed by atoms with Gasteiger partial charge in [-0.3, -0.25) is 0 Å². The van der Waals surface area contributed by atoms with Crippen LogP contribution in [0, 0.1) is 11.3 Å². The van der Waals surface area contributed by atoms with E-state index in [9.17, 15) is 0 Å². The summed E-state index contributed by atoms with van der Waals surface area (Å²) in [7, 11) is 0. The van der Waals surface area contributed by atoms with Crippen LogP contribution in [0.3, 0.4) is 0 Å². The number of anilines is 1. The van der Waals surface area contributed by atoms with Crippen LogP contribution < -0.4 is 10.6 Å². The van der Waals surface area contributed by atoms with Crippen molar-refractivity contribution in [3.63, 3.8) is 0 Å². The molecule has 2 unspecified atom stereocenters. The van der Waals surface area contributed by atoms with Gasteiger partial charge in [0.05, 0.1) is 10.6 Å². The predicted molar refractivity (Wildman–Crippen MR) is 74.9 cm³/mol. The Morgan fingerprint density at radius 2 is 2.44 bits per heavy atom. The quantitative estimate of drug-likeness (QED) is 0.877. The number of nitrogens with one attached hydrogen (secondary N) is 2. The maximum atomic E-state index is 8.93. The molecule has 2 N–H and O–H groups in total. The first-order valence-corrected chi connectivity index (χ1v) is 6.76.